The molecular weight excluding hydrogens is 382 g/mol. The molecular formula is C20H24ClN3O4. The van der Waals surface area contributed by atoms with Crippen LogP contribution in [0.4, 0.5) is 11.4 Å². The number of carbonyl (C=O) groups is 2. The highest BCUT2D eigenvalue weighted by molar-refractivity contribution is 5.98. The van der Waals surface area contributed by atoms with Crippen molar-refractivity contribution < 1.29 is 19.1 Å². The molecule has 3 rings (SSSR count). The first-order valence-corrected chi connectivity index (χ1v) is 8.81. The molecule has 2 aromatic rings. The zero-order valence-corrected chi connectivity index (χ0v) is 16.2. The number of nitrogens with two attached hydrogens (primary N) is 1. The number of amides is 2. The molecule has 150 valence electrons. The van der Waals surface area contributed by atoms with Crippen LogP contribution in [0.2, 0.25) is 0 Å². The van der Waals surface area contributed by atoms with Crippen LogP contribution in [0.1, 0.15) is 12.8 Å². The van der Waals surface area contributed by atoms with Crippen LogP contribution in [0.25, 0.3) is 0 Å². The molecule has 0 saturated carbocycles. The van der Waals surface area contributed by atoms with Crippen molar-refractivity contribution >= 4 is 35.6 Å². The van der Waals surface area contributed by atoms with Gasteiger partial charge >= 0.3 is 0 Å². The topological polar surface area (TPSA) is 103 Å². The maximum absolute atomic E-state index is 12.5. The number of para-hydroxylation sites is 1. The summed E-state index contributed by atoms with van der Waals surface area (Å²) in [5, 5.41) is 5.56. The molecule has 1 aliphatic heterocycles. The van der Waals surface area contributed by atoms with Gasteiger partial charge in [0.1, 0.15) is 11.3 Å². The third kappa shape index (κ3) is 5.95. The van der Waals surface area contributed by atoms with Gasteiger partial charge in [-0.05, 0) is 37.1 Å². The van der Waals surface area contributed by atoms with E-state index in [0.717, 1.165) is 0 Å². The van der Waals surface area contributed by atoms with Gasteiger partial charge in [-0.2, -0.15) is 0 Å². The van der Waals surface area contributed by atoms with E-state index in [2.05, 4.69) is 10.6 Å². The second kappa shape index (κ2) is 10.1. The number of benzene rings is 2. The van der Waals surface area contributed by atoms with Crippen molar-refractivity contribution in [2.75, 3.05) is 30.5 Å². The summed E-state index contributed by atoms with van der Waals surface area (Å²) in [6.07, 6.45) is 0.962. The van der Waals surface area contributed by atoms with Crippen LogP contribution in [-0.2, 0) is 14.3 Å². The summed E-state index contributed by atoms with van der Waals surface area (Å²) in [5.74, 6) is -0.0300. The fraction of sp³-hybridized carbons (Fsp3) is 0.300. The lowest BCUT2D eigenvalue weighted by atomic mass is 9.90. The molecule has 1 heterocycles. The van der Waals surface area contributed by atoms with Gasteiger partial charge in [0.2, 0.25) is 5.91 Å². The molecule has 0 unspecified atom stereocenters. The Morgan fingerprint density at radius 2 is 1.68 bits per heavy atom. The number of rotatable bonds is 6. The Labute approximate surface area is 170 Å². The van der Waals surface area contributed by atoms with Crippen molar-refractivity contribution in [3.05, 3.63) is 54.6 Å². The van der Waals surface area contributed by atoms with E-state index in [4.69, 9.17) is 15.2 Å². The molecule has 0 aliphatic carbocycles. The summed E-state index contributed by atoms with van der Waals surface area (Å²) in [6.45, 7) is 0.817. The standard InChI is InChI=1S/C20H23N3O4.ClH/c21-20(9-11-26-12-10-20)19(25)23-16-7-4-8-17(13-16)27-14-18(24)22-15-5-2-1-3-6-15;/h1-8,13H,9-12,14,21H2,(H,22,24)(H,23,25);1H. The van der Waals surface area contributed by atoms with E-state index in [1.165, 1.54) is 0 Å². The Morgan fingerprint density at radius 1 is 1.00 bits per heavy atom. The van der Waals surface area contributed by atoms with Crippen LogP contribution in [0, 0.1) is 0 Å². The Kier molecular flexibility index (Phi) is 7.80. The van der Waals surface area contributed by atoms with Crippen molar-refractivity contribution in [1.29, 1.82) is 0 Å². The van der Waals surface area contributed by atoms with Crippen LogP contribution >= 0.6 is 12.4 Å². The van der Waals surface area contributed by atoms with Gasteiger partial charge in [0.25, 0.3) is 5.91 Å². The lowest BCUT2D eigenvalue weighted by Crippen LogP contribution is -2.54. The minimum atomic E-state index is -0.926. The van der Waals surface area contributed by atoms with Crippen molar-refractivity contribution in [1.82, 2.24) is 0 Å². The molecule has 0 aromatic heterocycles. The number of carbonyl (C=O) groups excluding carboxylic acids is 2. The van der Waals surface area contributed by atoms with Gasteiger partial charge in [-0.15, -0.1) is 12.4 Å². The first-order chi connectivity index (χ1) is 13.0. The highest BCUT2D eigenvalue weighted by Crippen LogP contribution is 2.22. The first kappa shape index (κ1) is 21.7. The second-order valence-corrected chi connectivity index (χ2v) is 6.45. The summed E-state index contributed by atoms with van der Waals surface area (Å²) < 4.78 is 10.8. The normalized spacial score (nSPS) is 15.0. The average Bonchev–Trinajstić information content (AvgIpc) is 2.68. The summed E-state index contributed by atoms with van der Waals surface area (Å²) >= 11 is 0. The predicted octanol–water partition coefficient (Wildman–Crippen LogP) is 2.57. The van der Waals surface area contributed by atoms with Crippen molar-refractivity contribution in [3.8, 4) is 5.75 Å². The van der Waals surface area contributed by atoms with E-state index in [1.807, 2.05) is 18.2 Å². The number of ether oxygens (including phenoxy) is 2. The van der Waals surface area contributed by atoms with Crippen LogP contribution in [0.5, 0.6) is 5.75 Å². The third-order valence-electron chi connectivity index (χ3n) is 4.36. The van der Waals surface area contributed by atoms with E-state index in [0.29, 0.717) is 43.2 Å². The smallest absolute Gasteiger partial charge is 0.262 e. The van der Waals surface area contributed by atoms with Gasteiger partial charge in [0.15, 0.2) is 6.61 Å². The maximum Gasteiger partial charge on any atom is 0.262 e. The predicted molar refractivity (Wildman–Crippen MR) is 110 cm³/mol. The molecule has 2 amide bonds. The number of nitrogens with one attached hydrogen (secondary N) is 2. The SMILES string of the molecule is Cl.NC1(C(=O)Nc2cccc(OCC(=O)Nc3ccccc3)c2)CCOCC1. The molecule has 0 atom stereocenters. The minimum Gasteiger partial charge on any atom is -0.484 e. The highest BCUT2D eigenvalue weighted by atomic mass is 35.5. The molecule has 0 bridgehead atoms. The van der Waals surface area contributed by atoms with Crippen molar-refractivity contribution in [2.24, 2.45) is 5.73 Å². The Bertz CT molecular complexity index is 795. The summed E-state index contributed by atoms with van der Waals surface area (Å²) in [5.41, 5.74) is 6.53. The highest BCUT2D eigenvalue weighted by Gasteiger charge is 2.35. The molecule has 28 heavy (non-hydrogen) atoms. The first-order valence-electron chi connectivity index (χ1n) is 8.81. The van der Waals surface area contributed by atoms with Crippen LogP contribution in [0.3, 0.4) is 0 Å². The summed E-state index contributed by atoms with van der Waals surface area (Å²) in [6, 6.07) is 16.0. The Balaban J connectivity index is 0.00000280. The molecule has 8 heteroatoms. The van der Waals surface area contributed by atoms with Gasteiger partial charge in [0.05, 0.1) is 0 Å². The van der Waals surface area contributed by atoms with Crippen molar-refractivity contribution in [3.63, 3.8) is 0 Å². The molecule has 1 fully saturated rings. The number of halogens is 1. The van der Waals surface area contributed by atoms with Gasteiger partial charge in [-0.25, -0.2) is 0 Å². The Morgan fingerprint density at radius 3 is 2.39 bits per heavy atom. The molecule has 0 radical (unpaired) electrons. The number of hydrogen-bond donors (Lipinski definition) is 3. The summed E-state index contributed by atoms with van der Waals surface area (Å²) in [4.78, 5) is 24.4. The van der Waals surface area contributed by atoms with Gasteiger partial charge < -0.3 is 25.8 Å². The second-order valence-electron chi connectivity index (χ2n) is 6.45. The zero-order valence-electron chi connectivity index (χ0n) is 15.4. The van der Waals surface area contributed by atoms with E-state index < -0.39 is 5.54 Å². The lowest BCUT2D eigenvalue weighted by molar-refractivity contribution is -0.124. The monoisotopic (exact) mass is 405 g/mol. The van der Waals surface area contributed by atoms with E-state index in [1.54, 1.807) is 36.4 Å². The molecule has 2 aromatic carbocycles. The lowest BCUT2D eigenvalue weighted by Gasteiger charge is -2.31. The average molecular weight is 406 g/mol. The van der Waals surface area contributed by atoms with Crippen molar-refractivity contribution in [2.45, 2.75) is 18.4 Å². The molecule has 1 saturated heterocycles. The molecule has 7 nitrogen and oxygen atoms in total. The van der Waals surface area contributed by atoms with Gasteiger partial charge in [-0.1, -0.05) is 24.3 Å². The van der Waals surface area contributed by atoms with Gasteiger partial charge in [-0.3, -0.25) is 9.59 Å². The number of anilines is 2. The zero-order chi connectivity index (χ0) is 19.1. The number of hydrogen-bond acceptors (Lipinski definition) is 5. The Hall–Kier alpha value is -2.61. The van der Waals surface area contributed by atoms with Gasteiger partial charge in [0, 0.05) is 30.7 Å². The van der Waals surface area contributed by atoms with E-state index >= 15 is 0 Å². The molecule has 0 spiro atoms. The van der Waals surface area contributed by atoms with Crippen LogP contribution in [-0.4, -0.2) is 37.2 Å². The molecule has 4 N–H and O–H groups in total. The fourth-order valence-electron chi connectivity index (χ4n) is 2.75. The minimum absolute atomic E-state index is 0. The quantitative estimate of drug-likeness (QED) is 0.685. The van der Waals surface area contributed by atoms with E-state index in [9.17, 15) is 9.59 Å². The van der Waals surface area contributed by atoms with Crippen LogP contribution < -0.4 is 21.1 Å². The largest absolute Gasteiger partial charge is 0.484 e. The van der Waals surface area contributed by atoms with Crippen LogP contribution in [0.15, 0.2) is 54.6 Å². The van der Waals surface area contributed by atoms with E-state index in [-0.39, 0.29) is 30.8 Å². The molecule has 1 aliphatic rings. The summed E-state index contributed by atoms with van der Waals surface area (Å²) in [7, 11) is 0. The maximum atomic E-state index is 12.5. The fourth-order valence-corrected chi connectivity index (χ4v) is 2.75. The third-order valence-corrected chi connectivity index (χ3v) is 4.36.